The van der Waals surface area contributed by atoms with Crippen LogP contribution in [0.4, 0.5) is 0 Å². The van der Waals surface area contributed by atoms with Crippen molar-refractivity contribution in [1.82, 2.24) is 5.32 Å². The number of nitrogens with zero attached hydrogens (tertiary/aromatic N) is 1. The Kier molecular flexibility index (Phi) is 3.53. The Morgan fingerprint density at radius 1 is 1.67 bits per heavy atom. The van der Waals surface area contributed by atoms with Crippen molar-refractivity contribution in [3.05, 3.63) is 0 Å². The molecule has 0 aromatic rings. The van der Waals surface area contributed by atoms with E-state index in [0.717, 1.165) is 0 Å². The molecule has 1 amide bonds. The van der Waals surface area contributed by atoms with E-state index in [9.17, 15) is 4.79 Å². The molecule has 5 nitrogen and oxygen atoms in total. The first-order valence-corrected chi connectivity index (χ1v) is 3.73. The number of carbonyl (C=O) groups is 1. The molecule has 0 aromatic carbocycles. The van der Waals surface area contributed by atoms with Gasteiger partial charge in [0.1, 0.15) is 5.41 Å². The molecule has 0 unspecified atom stereocenters. The summed E-state index contributed by atoms with van der Waals surface area (Å²) in [5.74, 6) is -0.339. The molecular weight excluding hydrogens is 158 g/mol. The average Bonchev–Trinajstić information content (AvgIpc) is 2.03. The van der Waals surface area contributed by atoms with E-state index in [-0.39, 0.29) is 11.7 Å². The molecule has 0 rings (SSSR count). The van der Waals surface area contributed by atoms with Gasteiger partial charge in [-0.25, -0.2) is 0 Å². The zero-order chi connectivity index (χ0) is 9.78. The highest BCUT2D eigenvalue weighted by molar-refractivity contribution is 6.05. The van der Waals surface area contributed by atoms with Gasteiger partial charge < -0.3 is 16.3 Å². The van der Waals surface area contributed by atoms with Crippen LogP contribution in [0.15, 0.2) is 5.16 Å². The summed E-state index contributed by atoms with van der Waals surface area (Å²) >= 11 is 0. The molecule has 4 N–H and O–H groups in total. The largest absolute Gasteiger partial charge is 0.409 e. The highest BCUT2D eigenvalue weighted by Gasteiger charge is 2.32. The maximum atomic E-state index is 11.3. The van der Waals surface area contributed by atoms with Gasteiger partial charge in [-0.15, -0.1) is 0 Å². The van der Waals surface area contributed by atoms with Crippen molar-refractivity contribution in [2.75, 3.05) is 6.54 Å². The average molecular weight is 173 g/mol. The van der Waals surface area contributed by atoms with Gasteiger partial charge in [0.2, 0.25) is 5.91 Å². The molecule has 0 saturated carbocycles. The van der Waals surface area contributed by atoms with Crippen molar-refractivity contribution in [2.24, 2.45) is 16.3 Å². The van der Waals surface area contributed by atoms with Gasteiger partial charge in [0.15, 0.2) is 5.84 Å². The molecule has 0 fully saturated rings. The number of hydrogen-bond acceptors (Lipinski definition) is 3. The molecule has 70 valence electrons. The lowest BCUT2D eigenvalue weighted by molar-refractivity contribution is -0.126. The van der Waals surface area contributed by atoms with Crippen molar-refractivity contribution in [2.45, 2.75) is 20.8 Å². The van der Waals surface area contributed by atoms with E-state index < -0.39 is 5.41 Å². The molecule has 0 spiro atoms. The van der Waals surface area contributed by atoms with Crippen LogP contribution in [-0.2, 0) is 4.79 Å². The normalized spacial score (nSPS) is 12.8. The van der Waals surface area contributed by atoms with Crippen LogP contribution >= 0.6 is 0 Å². The summed E-state index contributed by atoms with van der Waals surface area (Å²) in [6, 6.07) is 0. The number of oxime groups is 1. The maximum absolute atomic E-state index is 11.3. The van der Waals surface area contributed by atoms with Crippen LogP contribution < -0.4 is 11.1 Å². The highest BCUT2D eigenvalue weighted by atomic mass is 16.4. The number of rotatable bonds is 3. The second-order valence-electron chi connectivity index (χ2n) is 2.97. The van der Waals surface area contributed by atoms with E-state index in [2.05, 4.69) is 10.5 Å². The molecule has 0 bridgehead atoms. The van der Waals surface area contributed by atoms with Gasteiger partial charge in [0.05, 0.1) is 0 Å². The molecule has 0 aliphatic carbocycles. The van der Waals surface area contributed by atoms with Gasteiger partial charge in [0, 0.05) is 6.54 Å². The Labute approximate surface area is 71.6 Å². The minimum atomic E-state index is -0.954. The monoisotopic (exact) mass is 173 g/mol. The van der Waals surface area contributed by atoms with Gasteiger partial charge in [0.25, 0.3) is 0 Å². The molecule has 5 heteroatoms. The van der Waals surface area contributed by atoms with E-state index >= 15 is 0 Å². The van der Waals surface area contributed by atoms with Crippen LogP contribution in [0.25, 0.3) is 0 Å². The Bertz CT molecular complexity index is 199. The standard InChI is InChI=1S/C7H15N3O2/c1-4-9-6(11)7(2,3)5(8)10-12/h12H,4H2,1-3H3,(H2,8,10)(H,9,11). The smallest absolute Gasteiger partial charge is 0.233 e. The lowest BCUT2D eigenvalue weighted by atomic mass is 9.91. The summed E-state index contributed by atoms with van der Waals surface area (Å²) in [7, 11) is 0. The van der Waals surface area contributed by atoms with Crippen molar-refractivity contribution in [3.63, 3.8) is 0 Å². The SMILES string of the molecule is CCNC(=O)C(C)(C)/C(N)=N/O. The van der Waals surface area contributed by atoms with Crippen LogP contribution in [0, 0.1) is 5.41 Å². The minimum absolute atomic E-state index is 0.0894. The molecule has 0 radical (unpaired) electrons. The van der Waals surface area contributed by atoms with Gasteiger partial charge in [-0.1, -0.05) is 5.16 Å². The molecule has 12 heavy (non-hydrogen) atoms. The van der Waals surface area contributed by atoms with Gasteiger partial charge in [-0.3, -0.25) is 4.79 Å². The summed E-state index contributed by atoms with van der Waals surface area (Å²) in [5, 5.41) is 13.8. The Balaban J connectivity index is 4.49. The summed E-state index contributed by atoms with van der Waals surface area (Å²) in [6.07, 6.45) is 0. The third-order valence-corrected chi connectivity index (χ3v) is 1.65. The lowest BCUT2D eigenvalue weighted by Crippen LogP contribution is -2.45. The summed E-state index contributed by atoms with van der Waals surface area (Å²) in [6.45, 7) is 5.52. The summed E-state index contributed by atoms with van der Waals surface area (Å²) < 4.78 is 0. The number of carbonyl (C=O) groups excluding carboxylic acids is 1. The third kappa shape index (κ3) is 2.11. The number of amides is 1. The molecule has 0 aliphatic rings. The maximum Gasteiger partial charge on any atom is 0.233 e. The first-order valence-electron chi connectivity index (χ1n) is 3.73. The topological polar surface area (TPSA) is 87.7 Å². The van der Waals surface area contributed by atoms with Crippen molar-refractivity contribution >= 4 is 11.7 Å². The van der Waals surface area contributed by atoms with Gasteiger partial charge in [-0.05, 0) is 20.8 Å². The fraction of sp³-hybridized carbons (Fsp3) is 0.714. The van der Waals surface area contributed by atoms with E-state index in [1.54, 1.807) is 20.8 Å². The number of amidine groups is 1. The number of hydrogen-bond donors (Lipinski definition) is 3. The molecule has 0 saturated heterocycles. The number of nitrogens with one attached hydrogen (secondary N) is 1. The molecule has 0 aliphatic heterocycles. The van der Waals surface area contributed by atoms with Crippen molar-refractivity contribution in [3.8, 4) is 0 Å². The summed E-state index contributed by atoms with van der Waals surface area (Å²) in [5.41, 5.74) is 4.37. The lowest BCUT2D eigenvalue weighted by Gasteiger charge is -2.20. The third-order valence-electron chi connectivity index (χ3n) is 1.65. The quantitative estimate of drug-likeness (QED) is 0.241. The second kappa shape index (κ2) is 3.94. The fourth-order valence-corrected chi connectivity index (χ4v) is 0.623. The Morgan fingerprint density at radius 2 is 2.17 bits per heavy atom. The fourth-order valence-electron chi connectivity index (χ4n) is 0.623. The van der Waals surface area contributed by atoms with Crippen LogP contribution in [-0.4, -0.2) is 23.5 Å². The van der Waals surface area contributed by atoms with Gasteiger partial charge >= 0.3 is 0 Å². The van der Waals surface area contributed by atoms with E-state index in [4.69, 9.17) is 10.9 Å². The molecular formula is C7H15N3O2. The molecule has 0 aromatic heterocycles. The second-order valence-corrected chi connectivity index (χ2v) is 2.97. The zero-order valence-electron chi connectivity index (χ0n) is 7.59. The predicted octanol–water partition coefficient (Wildman–Crippen LogP) is -0.105. The Morgan fingerprint density at radius 3 is 2.50 bits per heavy atom. The van der Waals surface area contributed by atoms with E-state index in [0.29, 0.717) is 6.54 Å². The predicted molar refractivity (Wildman–Crippen MR) is 45.9 cm³/mol. The highest BCUT2D eigenvalue weighted by Crippen LogP contribution is 2.14. The zero-order valence-corrected chi connectivity index (χ0v) is 7.59. The van der Waals surface area contributed by atoms with Crippen LogP contribution in [0.2, 0.25) is 0 Å². The van der Waals surface area contributed by atoms with Crippen molar-refractivity contribution < 1.29 is 10.0 Å². The van der Waals surface area contributed by atoms with Crippen molar-refractivity contribution in [1.29, 1.82) is 0 Å². The molecule has 0 atom stereocenters. The van der Waals surface area contributed by atoms with E-state index in [1.165, 1.54) is 0 Å². The summed E-state index contributed by atoms with van der Waals surface area (Å²) in [4.78, 5) is 11.3. The first kappa shape index (κ1) is 10.7. The molecule has 0 heterocycles. The van der Waals surface area contributed by atoms with Crippen LogP contribution in [0.3, 0.4) is 0 Å². The van der Waals surface area contributed by atoms with Gasteiger partial charge in [-0.2, -0.15) is 0 Å². The van der Waals surface area contributed by atoms with E-state index in [1.807, 2.05) is 0 Å². The van der Waals surface area contributed by atoms with Crippen LogP contribution in [0.5, 0.6) is 0 Å². The van der Waals surface area contributed by atoms with Crippen LogP contribution in [0.1, 0.15) is 20.8 Å². The number of nitrogens with two attached hydrogens (primary N) is 1. The first-order chi connectivity index (χ1) is 5.46. The Hall–Kier alpha value is -1.26. The minimum Gasteiger partial charge on any atom is -0.409 e.